The van der Waals surface area contributed by atoms with Gasteiger partial charge in [0, 0.05) is 43.8 Å². The third-order valence-electron chi connectivity index (χ3n) is 5.78. The van der Waals surface area contributed by atoms with Crippen LogP contribution in [0.3, 0.4) is 0 Å². The van der Waals surface area contributed by atoms with E-state index in [0.717, 1.165) is 60.0 Å². The first kappa shape index (κ1) is 19.2. The smallest absolute Gasteiger partial charge is 0.283 e. The Hall–Kier alpha value is -2.78. The van der Waals surface area contributed by atoms with Crippen LogP contribution >= 0.6 is 0 Å². The van der Waals surface area contributed by atoms with Crippen LogP contribution in [0.25, 0.3) is 10.9 Å². The molecule has 0 spiro atoms. The van der Waals surface area contributed by atoms with Crippen LogP contribution < -0.4 is 19.9 Å². The lowest BCUT2D eigenvalue weighted by Gasteiger charge is -2.27. The minimum atomic E-state index is -3.85. The van der Waals surface area contributed by atoms with Crippen LogP contribution in [0, 0.1) is 0 Å². The van der Waals surface area contributed by atoms with Crippen molar-refractivity contribution in [2.75, 3.05) is 56.2 Å². The largest absolute Gasteiger partial charge is 0.490 e. The first-order chi connectivity index (χ1) is 14.5. The molecule has 9 heteroatoms. The van der Waals surface area contributed by atoms with Crippen molar-refractivity contribution in [1.29, 1.82) is 0 Å². The van der Waals surface area contributed by atoms with Crippen LogP contribution in [-0.2, 0) is 10.0 Å². The Morgan fingerprint density at radius 1 is 1.07 bits per heavy atom. The number of rotatable bonds is 3. The molecule has 3 heterocycles. The summed E-state index contributed by atoms with van der Waals surface area (Å²) in [5, 5.41) is 8.41. The van der Waals surface area contributed by atoms with E-state index < -0.39 is 10.0 Å². The molecule has 1 fully saturated rings. The first-order valence-electron chi connectivity index (χ1n) is 10.2. The minimum absolute atomic E-state index is 0.172. The molecular formula is C21H25N5O3S. The SMILES string of the molecule is CN1CCOc2cc(S(=O)(=O)n3ncc4ccc(N5CCCNCC5)cc43)ccc21. The number of fused-ring (bicyclic) bond motifs is 2. The van der Waals surface area contributed by atoms with Crippen molar-refractivity contribution < 1.29 is 13.2 Å². The van der Waals surface area contributed by atoms with Crippen LogP contribution in [-0.4, -0.2) is 64.0 Å². The van der Waals surface area contributed by atoms with E-state index in [0.29, 0.717) is 17.9 Å². The summed E-state index contributed by atoms with van der Waals surface area (Å²) in [5.74, 6) is 0.582. The molecule has 8 nitrogen and oxygen atoms in total. The Kier molecular flexibility index (Phi) is 4.79. The highest BCUT2D eigenvalue weighted by Gasteiger charge is 2.24. The summed E-state index contributed by atoms with van der Waals surface area (Å²) in [6.45, 7) is 5.06. The van der Waals surface area contributed by atoms with Crippen LogP contribution in [0.2, 0.25) is 0 Å². The second-order valence-corrected chi connectivity index (χ2v) is 9.49. The van der Waals surface area contributed by atoms with Crippen molar-refractivity contribution in [3.8, 4) is 5.75 Å². The zero-order chi connectivity index (χ0) is 20.7. The van der Waals surface area contributed by atoms with E-state index in [2.05, 4.69) is 20.2 Å². The van der Waals surface area contributed by atoms with Gasteiger partial charge in [-0.25, -0.2) is 0 Å². The lowest BCUT2D eigenvalue weighted by molar-refractivity contribution is 0.310. The molecule has 0 saturated carbocycles. The summed E-state index contributed by atoms with van der Waals surface area (Å²) < 4.78 is 33.7. The summed E-state index contributed by atoms with van der Waals surface area (Å²) in [4.78, 5) is 4.51. The third-order valence-corrected chi connectivity index (χ3v) is 7.38. The molecule has 3 aromatic rings. The van der Waals surface area contributed by atoms with Crippen LogP contribution in [0.4, 0.5) is 11.4 Å². The highest BCUT2D eigenvalue weighted by molar-refractivity contribution is 7.90. The van der Waals surface area contributed by atoms with Gasteiger partial charge in [-0.1, -0.05) is 0 Å². The predicted molar refractivity (Wildman–Crippen MR) is 117 cm³/mol. The summed E-state index contributed by atoms with van der Waals surface area (Å²) in [7, 11) is -1.88. The maximum absolute atomic E-state index is 13.4. The molecule has 1 saturated heterocycles. The van der Waals surface area contributed by atoms with Crippen molar-refractivity contribution in [2.45, 2.75) is 11.3 Å². The number of ether oxygens (including phenoxy) is 1. The van der Waals surface area contributed by atoms with Crippen molar-refractivity contribution in [3.05, 3.63) is 42.6 Å². The Morgan fingerprint density at radius 2 is 1.97 bits per heavy atom. The molecule has 0 aliphatic carbocycles. The highest BCUT2D eigenvalue weighted by Crippen LogP contribution is 2.34. The zero-order valence-corrected chi connectivity index (χ0v) is 17.7. The van der Waals surface area contributed by atoms with E-state index in [1.165, 1.54) is 0 Å². The second kappa shape index (κ2) is 7.48. The lowest BCUT2D eigenvalue weighted by Crippen LogP contribution is -2.29. The Morgan fingerprint density at radius 3 is 2.87 bits per heavy atom. The fourth-order valence-electron chi connectivity index (χ4n) is 4.07. The van der Waals surface area contributed by atoms with Crippen molar-refractivity contribution in [2.24, 2.45) is 0 Å². The summed E-state index contributed by atoms with van der Waals surface area (Å²) in [6.07, 6.45) is 2.66. The fourth-order valence-corrected chi connectivity index (χ4v) is 5.36. The topological polar surface area (TPSA) is 79.7 Å². The molecule has 0 amide bonds. The fraction of sp³-hybridized carbons (Fsp3) is 0.381. The van der Waals surface area contributed by atoms with E-state index in [4.69, 9.17) is 4.74 Å². The molecule has 5 rings (SSSR count). The Bertz CT molecular complexity index is 1180. The van der Waals surface area contributed by atoms with E-state index >= 15 is 0 Å². The summed E-state index contributed by atoms with van der Waals surface area (Å²) in [5.41, 5.74) is 2.49. The van der Waals surface area contributed by atoms with Crippen molar-refractivity contribution in [3.63, 3.8) is 0 Å². The third kappa shape index (κ3) is 3.27. The average molecular weight is 428 g/mol. The molecule has 1 aromatic heterocycles. The summed E-state index contributed by atoms with van der Waals surface area (Å²) in [6, 6.07) is 10.9. The minimum Gasteiger partial charge on any atom is -0.490 e. The van der Waals surface area contributed by atoms with E-state index in [1.807, 2.05) is 25.2 Å². The van der Waals surface area contributed by atoms with Crippen molar-refractivity contribution in [1.82, 2.24) is 14.5 Å². The number of nitrogens with one attached hydrogen (secondary N) is 1. The van der Waals surface area contributed by atoms with Gasteiger partial charge in [0.05, 0.1) is 28.8 Å². The molecule has 2 aromatic carbocycles. The number of anilines is 2. The van der Waals surface area contributed by atoms with Gasteiger partial charge >= 0.3 is 0 Å². The maximum Gasteiger partial charge on any atom is 0.283 e. The normalized spacial score (nSPS) is 17.5. The quantitative estimate of drug-likeness (QED) is 0.684. The molecular weight excluding hydrogens is 402 g/mol. The molecule has 0 bridgehead atoms. The van der Waals surface area contributed by atoms with Gasteiger partial charge in [0.15, 0.2) is 0 Å². The molecule has 2 aliphatic rings. The maximum atomic E-state index is 13.4. The molecule has 1 N–H and O–H groups in total. The number of aromatic nitrogens is 2. The first-order valence-corrected chi connectivity index (χ1v) is 11.6. The molecule has 0 radical (unpaired) electrons. The van der Waals surface area contributed by atoms with E-state index in [1.54, 1.807) is 24.4 Å². The number of nitrogens with zero attached hydrogens (tertiary/aromatic N) is 4. The lowest BCUT2D eigenvalue weighted by atomic mass is 10.2. The van der Waals surface area contributed by atoms with Crippen LogP contribution in [0.15, 0.2) is 47.5 Å². The molecule has 0 atom stereocenters. The summed E-state index contributed by atoms with van der Waals surface area (Å²) >= 11 is 0. The van der Waals surface area contributed by atoms with E-state index in [9.17, 15) is 8.42 Å². The average Bonchev–Trinajstić information content (AvgIpc) is 2.99. The molecule has 30 heavy (non-hydrogen) atoms. The Balaban J connectivity index is 1.55. The van der Waals surface area contributed by atoms with E-state index in [-0.39, 0.29) is 4.90 Å². The van der Waals surface area contributed by atoms with Gasteiger partial charge in [-0.15, -0.1) is 0 Å². The van der Waals surface area contributed by atoms with Crippen LogP contribution in [0.5, 0.6) is 5.75 Å². The highest BCUT2D eigenvalue weighted by atomic mass is 32.2. The standard InChI is InChI=1S/C21H25N5O3S/c1-24-11-12-29-21-14-18(5-6-19(21)24)30(27,28)26-20-13-17(4-3-16(20)15-23-26)25-9-2-7-22-8-10-25/h3-6,13-15,22H,2,7-12H2,1H3. The van der Waals surface area contributed by atoms with Gasteiger partial charge in [-0.3, -0.25) is 0 Å². The Labute approximate surface area is 176 Å². The second-order valence-electron chi connectivity index (χ2n) is 7.73. The van der Waals surface area contributed by atoms with Crippen molar-refractivity contribution >= 4 is 32.3 Å². The van der Waals surface area contributed by atoms with Gasteiger partial charge in [-0.2, -0.15) is 17.6 Å². The predicted octanol–water partition coefficient (Wildman–Crippen LogP) is 1.90. The zero-order valence-electron chi connectivity index (χ0n) is 16.9. The number of hydrogen-bond acceptors (Lipinski definition) is 7. The van der Waals surface area contributed by atoms with Gasteiger partial charge in [0.1, 0.15) is 12.4 Å². The number of benzene rings is 2. The number of likely N-dealkylation sites (N-methyl/N-ethyl adjacent to an activating group) is 1. The molecule has 2 aliphatic heterocycles. The number of hydrogen-bond donors (Lipinski definition) is 1. The van der Waals surface area contributed by atoms with Gasteiger partial charge in [0.2, 0.25) is 0 Å². The van der Waals surface area contributed by atoms with Gasteiger partial charge in [-0.05, 0) is 43.3 Å². The molecule has 158 valence electrons. The van der Waals surface area contributed by atoms with Gasteiger partial charge in [0.25, 0.3) is 10.0 Å². The van der Waals surface area contributed by atoms with Crippen LogP contribution in [0.1, 0.15) is 6.42 Å². The molecule has 0 unspecified atom stereocenters. The van der Waals surface area contributed by atoms with Gasteiger partial charge < -0.3 is 19.9 Å². The monoisotopic (exact) mass is 427 g/mol.